The summed E-state index contributed by atoms with van der Waals surface area (Å²) in [4.78, 5) is 0. The van der Waals surface area contributed by atoms with Crippen LogP contribution < -0.4 is 10.1 Å². The Morgan fingerprint density at radius 3 is 2.90 bits per heavy atom. The van der Waals surface area contributed by atoms with Gasteiger partial charge in [0.05, 0.1) is 12.4 Å². The molecule has 114 valence electrons. The highest BCUT2D eigenvalue weighted by Gasteiger charge is 2.11. The molecule has 21 heavy (non-hydrogen) atoms. The molecular formula is C16H22FN3O. The van der Waals surface area contributed by atoms with E-state index in [9.17, 15) is 4.39 Å². The molecule has 2 aromatic rings. The fourth-order valence-corrected chi connectivity index (χ4v) is 1.99. The molecule has 0 atom stereocenters. The van der Waals surface area contributed by atoms with Crippen molar-refractivity contribution in [2.75, 3.05) is 0 Å². The Hall–Kier alpha value is -1.88. The lowest BCUT2D eigenvalue weighted by molar-refractivity contribution is 0.456. The second kappa shape index (κ2) is 7.22. The van der Waals surface area contributed by atoms with E-state index in [1.807, 2.05) is 24.7 Å². The lowest BCUT2D eigenvalue weighted by Crippen LogP contribution is -2.22. The Morgan fingerprint density at radius 1 is 1.38 bits per heavy atom. The van der Waals surface area contributed by atoms with Crippen molar-refractivity contribution in [2.45, 2.75) is 46.3 Å². The average molecular weight is 291 g/mol. The largest absolute Gasteiger partial charge is 0.454 e. The first-order chi connectivity index (χ1) is 10.1. The van der Waals surface area contributed by atoms with Crippen LogP contribution in [-0.4, -0.2) is 15.8 Å². The van der Waals surface area contributed by atoms with Crippen molar-refractivity contribution in [3.8, 4) is 11.5 Å². The molecule has 0 unspecified atom stereocenters. The zero-order valence-electron chi connectivity index (χ0n) is 12.8. The number of ether oxygens (including phenoxy) is 1. The van der Waals surface area contributed by atoms with Gasteiger partial charge in [0.15, 0.2) is 5.75 Å². The average Bonchev–Trinajstić information content (AvgIpc) is 2.86. The number of nitrogens with one attached hydrogen (secondary N) is 1. The number of hydrogen-bond acceptors (Lipinski definition) is 3. The van der Waals surface area contributed by atoms with Crippen molar-refractivity contribution < 1.29 is 9.13 Å². The second-order valence-electron chi connectivity index (χ2n) is 5.29. The van der Waals surface area contributed by atoms with Crippen molar-refractivity contribution in [2.24, 2.45) is 0 Å². The Bertz CT molecular complexity index is 581. The van der Waals surface area contributed by atoms with Gasteiger partial charge in [-0.3, -0.25) is 4.68 Å². The fourth-order valence-electron chi connectivity index (χ4n) is 1.99. The minimum Gasteiger partial charge on any atom is -0.454 e. The van der Waals surface area contributed by atoms with Gasteiger partial charge in [-0.15, -0.1) is 0 Å². The fraction of sp³-hybridized carbons (Fsp3) is 0.438. The van der Waals surface area contributed by atoms with Gasteiger partial charge in [-0.2, -0.15) is 5.10 Å². The molecule has 1 aromatic heterocycles. The summed E-state index contributed by atoms with van der Waals surface area (Å²) in [7, 11) is 0. The minimum absolute atomic E-state index is 0.262. The summed E-state index contributed by atoms with van der Waals surface area (Å²) < 4.78 is 21.6. The van der Waals surface area contributed by atoms with Gasteiger partial charge in [-0.1, -0.05) is 26.8 Å². The number of aromatic nitrogens is 2. The normalized spacial score (nSPS) is 11.1. The van der Waals surface area contributed by atoms with Gasteiger partial charge >= 0.3 is 0 Å². The van der Waals surface area contributed by atoms with Crippen LogP contribution in [0.3, 0.4) is 0 Å². The van der Waals surface area contributed by atoms with Crippen LogP contribution in [-0.2, 0) is 13.1 Å². The van der Waals surface area contributed by atoms with Crippen molar-refractivity contribution in [1.29, 1.82) is 0 Å². The standard InChI is InChI=1S/C16H22FN3O/c1-4-8-20-11-13(9-19-20)21-16-7-5-6-15(17)14(16)10-18-12(2)3/h5-7,9,11-12,18H,4,8,10H2,1-3H3. The molecule has 1 heterocycles. The molecule has 4 nitrogen and oxygen atoms in total. The third-order valence-corrected chi connectivity index (χ3v) is 3.05. The lowest BCUT2D eigenvalue weighted by Gasteiger charge is -2.13. The van der Waals surface area contributed by atoms with Gasteiger partial charge in [0, 0.05) is 24.7 Å². The van der Waals surface area contributed by atoms with Crippen LogP contribution in [0.1, 0.15) is 32.8 Å². The maximum absolute atomic E-state index is 14.0. The molecule has 0 saturated heterocycles. The van der Waals surface area contributed by atoms with Gasteiger partial charge in [0.2, 0.25) is 0 Å². The van der Waals surface area contributed by atoms with E-state index < -0.39 is 0 Å². The highest BCUT2D eigenvalue weighted by Crippen LogP contribution is 2.27. The molecule has 1 aromatic carbocycles. The van der Waals surface area contributed by atoms with Gasteiger partial charge in [-0.25, -0.2) is 4.39 Å². The Labute approximate surface area is 124 Å². The lowest BCUT2D eigenvalue weighted by atomic mass is 10.1. The zero-order chi connectivity index (χ0) is 15.2. The van der Waals surface area contributed by atoms with Crippen LogP contribution in [0.25, 0.3) is 0 Å². The molecule has 0 spiro atoms. The molecular weight excluding hydrogens is 269 g/mol. The maximum Gasteiger partial charge on any atom is 0.165 e. The summed E-state index contributed by atoms with van der Waals surface area (Å²) in [6.45, 7) is 7.41. The van der Waals surface area contributed by atoms with Gasteiger partial charge in [0.25, 0.3) is 0 Å². The topological polar surface area (TPSA) is 39.1 Å². The molecule has 0 fully saturated rings. The molecule has 2 rings (SSSR count). The number of rotatable bonds is 7. The highest BCUT2D eigenvalue weighted by atomic mass is 19.1. The van der Waals surface area contributed by atoms with E-state index in [1.165, 1.54) is 6.07 Å². The van der Waals surface area contributed by atoms with E-state index in [-0.39, 0.29) is 11.9 Å². The Morgan fingerprint density at radius 2 is 2.19 bits per heavy atom. The molecule has 0 aliphatic rings. The summed E-state index contributed by atoms with van der Waals surface area (Å²) >= 11 is 0. The van der Waals surface area contributed by atoms with E-state index >= 15 is 0 Å². The predicted octanol–water partition coefficient (Wildman–Crippen LogP) is 3.72. The predicted molar refractivity (Wildman–Crippen MR) is 81.0 cm³/mol. The number of hydrogen-bond donors (Lipinski definition) is 1. The number of benzene rings is 1. The number of nitrogens with zero attached hydrogens (tertiary/aromatic N) is 2. The van der Waals surface area contributed by atoms with Crippen LogP contribution in [0, 0.1) is 5.82 Å². The monoisotopic (exact) mass is 291 g/mol. The molecule has 5 heteroatoms. The van der Waals surface area contributed by atoms with Crippen LogP contribution in [0.5, 0.6) is 11.5 Å². The maximum atomic E-state index is 14.0. The summed E-state index contributed by atoms with van der Waals surface area (Å²) in [5.41, 5.74) is 0.537. The van der Waals surface area contributed by atoms with Gasteiger partial charge in [0.1, 0.15) is 11.6 Å². The summed E-state index contributed by atoms with van der Waals surface area (Å²) in [5.74, 6) is 0.889. The second-order valence-corrected chi connectivity index (χ2v) is 5.29. The third kappa shape index (κ3) is 4.29. The van der Waals surface area contributed by atoms with E-state index in [0.29, 0.717) is 23.6 Å². The van der Waals surface area contributed by atoms with E-state index in [2.05, 4.69) is 17.3 Å². The third-order valence-electron chi connectivity index (χ3n) is 3.05. The first kappa shape index (κ1) is 15.5. The smallest absolute Gasteiger partial charge is 0.165 e. The van der Waals surface area contributed by atoms with Crippen molar-refractivity contribution in [3.63, 3.8) is 0 Å². The first-order valence-electron chi connectivity index (χ1n) is 7.31. The van der Waals surface area contributed by atoms with Crippen LogP contribution in [0.15, 0.2) is 30.6 Å². The minimum atomic E-state index is -0.262. The van der Waals surface area contributed by atoms with Gasteiger partial charge < -0.3 is 10.1 Å². The summed E-state index contributed by atoms with van der Waals surface area (Å²) in [5, 5.41) is 7.42. The van der Waals surface area contributed by atoms with Crippen molar-refractivity contribution in [3.05, 3.63) is 42.0 Å². The molecule has 0 amide bonds. The Kier molecular flexibility index (Phi) is 5.33. The number of aryl methyl sites for hydroxylation is 1. The van der Waals surface area contributed by atoms with E-state index in [0.717, 1.165) is 13.0 Å². The van der Waals surface area contributed by atoms with E-state index in [4.69, 9.17) is 4.74 Å². The molecule has 0 radical (unpaired) electrons. The van der Waals surface area contributed by atoms with Gasteiger partial charge in [-0.05, 0) is 18.6 Å². The quantitative estimate of drug-likeness (QED) is 0.845. The Balaban J connectivity index is 2.16. The van der Waals surface area contributed by atoms with Crippen LogP contribution in [0.2, 0.25) is 0 Å². The summed E-state index contributed by atoms with van der Waals surface area (Å²) in [6, 6.07) is 5.16. The first-order valence-corrected chi connectivity index (χ1v) is 7.31. The molecule has 0 bridgehead atoms. The van der Waals surface area contributed by atoms with Crippen molar-refractivity contribution in [1.82, 2.24) is 15.1 Å². The van der Waals surface area contributed by atoms with E-state index in [1.54, 1.807) is 18.3 Å². The summed E-state index contributed by atoms with van der Waals surface area (Å²) in [6.07, 6.45) is 4.49. The SMILES string of the molecule is CCCn1cc(Oc2cccc(F)c2CNC(C)C)cn1. The molecule has 1 N–H and O–H groups in total. The number of halogens is 1. The zero-order valence-corrected chi connectivity index (χ0v) is 12.8. The molecule has 0 aliphatic carbocycles. The van der Waals surface area contributed by atoms with Crippen LogP contribution in [0.4, 0.5) is 4.39 Å². The molecule has 0 saturated carbocycles. The van der Waals surface area contributed by atoms with Crippen molar-refractivity contribution >= 4 is 0 Å². The van der Waals surface area contributed by atoms with Crippen LogP contribution >= 0.6 is 0 Å². The highest BCUT2D eigenvalue weighted by molar-refractivity contribution is 5.37. The molecule has 0 aliphatic heterocycles.